The zero-order valence-electron chi connectivity index (χ0n) is 7.86. The largest absolute Gasteiger partial charge is 0.481 e. The Balaban J connectivity index is 2.31. The third-order valence-electron chi connectivity index (χ3n) is 1.90. The maximum absolute atomic E-state index is 11.2. The minimum atomic E-state index is -3.51. The normalized spacial score (nSPS) is 19.2. The van der Waals surface area contributed by atoms with Gasteiger partial charge in [0.2, 0.25) is 0 Å². The van der Waals surface area contributed by atoms with Gasteiger partial charge < -0.3 is 5.11 Å². The van der Waals surface area contributed by atoms with Crippen molar-refractivity contribution in [3.63, 3.8) is 0 Å². The SMILES string of the molecule is CC(CNS(=O)(=O)NC1CC1)C(=O)O. The smallest absolute Gasteiger partial charge is 0.307 e. The van der Waals surface area contributed by atoms with Crippen molar-refractivity contribution in [1.29, 1.82) is 0 Å². The molecule has 0 amide bonds. The first-order chi connectivity index (χ1) is 6.41. The molecule has 0 radical (unpaired) electrons. The molecule has 82 valence electrons. The lowest BCUT2D eigenvalue weighted by Crippen LogP contribution is -2.40. The van der Waals surface area contributed by atoms with Gasteiger partial charge in [0.25, 0.3) is 10.2 Å². The van der Waals surface area contributed by atoms with Crippen molar-refractivity contribution in [3.8, 4) is 0 Å². The van der Waals surface area contributed by atoms with Gasteiger partial charge in [-0.2, -0.15) is 13.1 Å². The molecule has 1 saturated carbocycles. The molecule has 0 saturated heterocycles. The molecule has 0 aromatic rings. The summed E-state index contributed by atoms with van der Waals surface area (Å²) < 4.78 is 27.0. The molecule has 0 aliphatic heterocycles. The van der Waals surface area contributed by atoms with Crippen molar-refractivity contribution in [1.82, 2.24) is 9.44 Å². The first-order valence-electron chi connectivity index (χ1n) is 4.40. The lowest BCUT2D eigenvalue weighted by Gasteiger charge is -2.09. The Bertz CT molecular complexity index is 310. The van der Waals surface area contributed by atoms with Gasteiger partial charge in [-0.15, -0.1) is 0 Å². The number of carbonyl (C=O) groups is 1. The van der Waals surface area contributed by atoms with Gasteiger partial charge in [0, 0.05) is 12.6 Å². The van der Waals surface area contributed by atoms with Crippen LogP contribution < -0.4 is 9.44 Å². The molecule has 1 unspecified atom stereocenters. The highest BCUT2D eigenvalue weighted by atomic mass is 32.2. The van der Waals surface area contributed by atoms with Gasteiger partial charge in [0.1, 0.15) is 0 Å². The van der Waals surface area contributed by atoms with Gasteiger partial charge in [0.05, 0.1) is 5.92 Å². The Hall–Kier alpha value is -0.660. The first kappa shape index (κ1) is 11.4. The molecule has 0 heterocycles. The standard InChI is InChI=1S/C7H14N2O4S/c1-5(7(10)11)4-8-14(12,13)9-6-2-3-6/h5-6,8-9H,2-4H2,1H3,(H,10,11). The van der Waals surface area contributed by atoms with Crippen LogP contribution in [0.4, 0.5) is 0 Å². The number of nitrogens with one attached hydrogen (secondary N) is 2. The molecule has 1 fully saturated rings. The van der Waals surface area contributed by atoms with Crippen LogP contribution in [-0.2, 0) is 15.0 Å². The molecule has 7 heteroatoms. The van der Waals surface area contributed by atoms with E-state index in [1.807, 2.05) is 0 Å². The fraction of sp³-hybridized carbons (Fsp3) is 0.857. The highest BCUT2D eigenvalue weighted by Gasteiger charge is 2.27. The molecule has 1 atom stereocenters. The maximum atomic E-state index is 11.2. The van der Waals surface area contributed by atoms with Crippen LogP contribution in [0.15, 0.2) is 0 Å². The summed E-state index contributed by atoms with van der Waals surface area (Å²) in [4.78, 5) is 10.4. The number of rotatable bonds is 6. The molecule has 14 heavy (non-hydrogen) atoms. The fourth-order valence-corrected chi connectivity index (χ4v) is 2.01. The van der Waals surface area contributed by atoms with Crippen LogP contribution in [0.1, 0.15) is 19.8 Å². The number of carboxylic acids is 1. The van der Waals surface area contributed by atoms with E-state index in [-0.39, 0.29) is 12.6 Å². The molecule has 3 N–H and O–H groups in total. The Kier molecular flexibility index (Phi) is 3.46. The van der Waals surface area contributed by atoms with E-state index in [4.69, 9.17) is 5.11 Å². The number of hydrogen-bond acceptors (Lipinski definition) is 3. The van der Waals surface area contributed by atoms with E-state index in [1.54, 1.807) is 0 Å². The number of carboxylic acid groups (broad SMARTS) is 1. The summed E-state index contributed by atoms with van der Waals surface area (Å²) in [5, 5.41) is 8.52. The van der Waals surface area contributed by atoms with E-state index < -0.39 is 22.1 Å². The molecule has 0 bridgehead atoms. The molecule has 1 rings (SSSR count). The van der Waals surface area contributed by atoms with Crippen molar-refractivity contribution in [2.24, 2.45) is 5.92 Å². The zero-order valence-corrected chi connectivity index (χ0v) is 8.67. The summed E-state index contributed by atoms with van der Waals surface area (Å²) in [7, 11) is -3.51. The van der Waals surface area contributed by atoms with Gasteiger partial charge in [-0.05, 0) is 12.8 Å². The lowest BCUT2D eigenvalue weighted by atomic mass is 10.2. The minimum absolute atomic E-state index is 0.0348. The third kappa shape index (κ3) is 4.03. The van der Waals surface area contributed by atoms with Crippen LogP contribution >= 0.6 is 0 Å². The highest BCUT2D eigenvalue weighted by molar-refractivity contribution is 7.87. The number of aliphatic carboxylic acids is 1. The summed E-state index contributed by atoms with van der Waals surface area (Å²) >= 11 is 0. The highest BCUT2D eigenvalue weighted by Crippen LogP contribution is 2.19. The Morgan fingerprint density at radius 1 is 1.57 bits per heavy atom. The van der Waals surface area contributed by atoms with E-state index in [9.17, 15) is 13.2 Å². The number of hydrogen-bond donors (Lipinski definition) is 3. The molecular weight excluding hydrogens is 208 g/mol. The average Bonchev–Trinajstić information content (AvgIpc) is 2.83. The Morgan fingerprint density at radius 2 is 2.14 bits per heavy atom. The van der Waals surface area contributed by atoms with Gasteiger partial charge >= 0.3 is 5.97 Å². The van der Waals surface area contributed by atoms with Crippen molar-refractivity contribution >= 4 is 16.2 Å². The molecule has 0 spiro atoms. The van der Waals surface area contributed by atoms with Crippen molar-refractivity contribution in [3.05, 3.63) is 0 Å². The van der Waals surface area contributed by atoms with Crippen molar-refractivity contribution in [2.45, 2.75) is 25.8 Å². The van der Waals surface area contributed by atoms with Gasteiger partial charge in [-0.3, -0.25) is 4.79 Å². The molecule has 1 aliphatic rings. The van der Waals surface area contributed by atoms with Gasteiger partial charge in [0.15, 0.2) is 0 Å². The summed E-state index contributed by atoms with van der Waals surface area (Å²) in [5.41, 5.74) is 0. The van der Waals surface area contributed by atoms with E-state index in [1.165, 1.54) is 6.92 Å². The minimum Gasteiger partial charge on any atom is -0.481 e. The summed E-state index contributed by atoms with van der Waals surface area (Å²) in [6, 6.07) is 0.0348. The molecule has 1 aliphatic carbocycles. The molecule has 6 nitrogen and oxygen atoms in total. The second kappa shape index (κ2) is 4.24. The second-order valence-corrected chi connectivity index (χ2v) is 5.01. The predicted octanol–water partition coefficient (Wildman–Crippen LogP) is -0.706. The predicted molar refractivity (Wildman–Crippen MR) is 49.9 cm³/mol. The summed E-state index contributed by atoms with van der Waals surface area (Å²) in [6.45, 7) is 1.36. The van der Waals surface area contributed by atoms with Crippen LogP contribution in [0.25, 0.3) is 0 Å². The van der Waals surface area contributed by atoms with Gasteiger partial charge in [-0.25, -0.2) is 4.72 Å². The van der Waals surface area contributed by atoms with E-state index >= 15 is 0 Å². The zero-order chi connectivity index (χ0) is 10.8. The van der Waals surface area contributed by atoms with Gasteiger partial charge in [-0.1, -0.05) is 6.92 Å². The Labute approximate surface area is 82.9 Å². The van der Waals surface area contributed by atoms with E-state index in [2.05, 4.69) is 9.44 Å². The average molecular weight is 222 g/mol. The monoisotopic (exact) mass is 222 g/mol. The van der Waals surface area contributed by atoms with Crippen LogP contribution in [-0.4, -0.2) is 32.1 Å². The van der Waals surface area contributed by atoms with Crippen LogP contribution in [0.2, 0.25) is 0 Å². The van der Waals surface area contributed by atoms with Crippen molar-refractivity contribution < 1.29 is 18.3 Å². The topological polar surface area (TPSA) is 95.5 Å². The summed E-state index contributed by atoms with van der Waals surface area (Å²) in [6.07, 6.45) is 1.71. The van der Waals surface area contributed by atoms with Crippen LogP contribution in [0.5, 0.6) is 0 Å². The molecule has 0 aromatic heterocycles. The molecule has 0 aromatic carbocycles. The quantitative estimate of drug-likeness (QED) is 0.553. The maximum Gasteiger partial charge on any atom is 0.307 e. The summed E-state index contributed by atoms with van der Waals surface area (Å²) in [5.74, 6) is -1.73. The second-order valence-electron chi connectivity index (χ2n) is 3.48. The van der Waals surface area contributed by atoms with Crippen LogP contribution in [0, 0.1) is 5.92 Å². The lowest BCUT2D eigenvalue weighted by molar-refractivity contribution is -0.140. The Morgan fingerprint density at radius 3 is 2.57 bits per heavy atom. The first-order valence-corrected chi connectivity index (χ1v) is 5.89. The van der Waals surface area contributed by atoms with E-state index in [0.29, 0.717) is 0 Å². The fourth-order valence-electron chi connectivity index (χ4n) is 0.784. The third-order valence-corrected chi connectivity index (χ3v) is 3.09. The van der Waals surface area contributed by atoms with E-state index in [0.717, 1.165) is 12.8 Å². The van der Waals surface area contributed by atoms with Crippen LogP contribution in [0.3, 0.4) is 0 Å². The molecular formula is C7H14N2O4S. The van der Waals surface area contributed by atoms with Crippen molar-refractivity contribution in [2.75, 3.05) is 6.54 Å².